The van der Waals surface area contributed by atoms with Crippen LogP contribution in [0.15, 0.2) is 72.8 Å². The van der Waals surface area contributed by atoms with Crippen LogP contribution in [0.25, 0.3) is 0 Å². The van der Waals surface area contributed by atoms with Gasteiger partial charge in [0.15, 0.2) is 0 Å². The second-order valence-electron chi connectivity index (χ2n) is 7.99. The van der Waals surface area contributed by atoms with Gasteiger partial charge in [-0.05, 0) is 61.9 Å². The number of anilines is 3. The highest BCUT2D eigenvalue weighted by molar-refractivity contribution is 6.21. The third kappa shape index (κ3) is 5.29. The molecule has 0 spiro atoms. The highest BCUT2D eigenvalue weighted by atomic mass is 16.2. The highest BCUT2D eigenvalue weighted by Crippen LogP contribution is 2.24. The molecule has 1 aliphatic heterocycles. The molecule has 0 unspecified atom stereocenters. The minimum absolute atomic E-state index is 0.159. The Morgan fingerprint density at radius 2 is 1.32 bits per heavy atom. The van der Waals surface area contributed by atoms with Crippen molar-refractivity contribution in [3.8, 4) is 0 Å². The number of para-hydroxylation sites is 1. The van der Waals surface area contributed by atoms with E-state index in [4.69, 9.17) is 0 Å². The molecule has 0 aliphatic carbocycles. The second kappa shape index (κ2) is 9.99. The van der Waals surface area contributed by atoms with E-state index < -0.39 is 0 Å². The number of rotatable bonds is 7. The number of urea groups is 1. The Balaban J connectivity index is 1.23. The van der Waals surface area contributed by atoms with Crippen LogP contribution in [0.3, 0.4) is 0 Å². The topological polar surface area (TPSA) is 108 Å². The molecule has 0 bridgehead atoms. The zero-order valence-electron chi connectivity index (χ0n) is 18.6. The van der Waals surface area contributed by atoms with Gasteiger partial charge in [0, 0.05) is 30.0 Å². The molecule has 34 heavy (non-hydrogen) atoms. The van der Waals surface area contributed by atoms with Crippen molar-refractivity contribution >= 4 is 40.8 Å². The largest absolute Gasteiger partial charge is 0.326 e. The Morgan fingerprint density at radius 1 is 0.735 bits per heavy atom. The molecular weight excluding hydrogens is 432 g/mol. The van der Waals surface area contributed by atoms with Crippen molar-refractivity contribution in [2.24, 2.45) is 0 Å². The molecule has 0 saturated carbocycles. The number of benzene rings is 3. The van der Waals surface area contributed by atoms with E-state index in [2.05, 4.69) is 16.0 Å². The summed E-state index contributed by atoms with van der Waals surface area (Å²) < 4.78 is 0. The van der Waals surface area contributed by atoms with Gasteiger partial charge in [-0.25, -0.2) is 4.79 Å². The maximum Gasteiger partial charge on any atom is 0.323 e. The maximum atomic E-state index is 12.5. The Hall–Kier alpha value is -4.46. The quantitative estimate of drug-likeness (QED) is 0.450. The third-order valence-corrected chi connectivity index (χ3v) is 5.37. The summed E-state index contributed by atoms with van der Waals surface area (Å²) in [4.78, 5) is 50.5. The van der Waals surface area contributed by atoms with E-state index in [-0.39, 0.29) is 36.7 Å². The fourth-order valence-corrected chi connectivity index (χ4v) is 3.68. The van der Waals surface area contributed by atoms with Gasteiger partial charge >= 0.3 is 6.03 Å². The number of fused-ring (bicyclic) bond motifs is 1. The van der Waals surface area contributed by atoms with Gasteiger partial charge in [-0.15, -0.1) is 0 Å². The van der Waals surface area contributed by atoms with E-state index in [1.165, 1.54) is 4.90 Å². The van der Waals surface area contributed by atoms with Gasteiger partial charge < -0.3 is 16.0 Å². The summed E-state index contributed by atoms with van der Waals surface area (Å²) >= 11 is 0. The average Bonchev–Trinajstić information content (AvgIpc) is 3.05. The number of carbonyl (C=O) groups is 4. The lowest BCUT2D eigenvalue weighted by Gasteiger charge is -2.13. The van der Waals surface area contributed by atoms with E-state index >= 15 is 0 Å². The first kappa shape index (κ1) is 22.7. The zero-order chi connectivity index (χ0) is 24.1. The number of amides is 5. The average molecular weight is 457 g/mol. The van der Waals surface area contributed by atoms with Crippen molar-refractivity contribution in [2.45, 2.75) is 19.8 Å². The first-order valence-electron chi connectivity index (χ1n) is 10.9. The number of hydrogen-bond acceptors (Lipinski definition) is 4. The number of hydrogen-bond donors (Lipinski definition) is 3. The fraction of sp³-hybridized carbons (Fsp3) is 0.154. The van der Waals surface area contributed by atoms with Crippen LogP contribution in [0.1, 0.15) is 39.1 Å². The Kier molecular flexibility index (Phi) is 6.68. The van der Waals surface area contributed by atoms with E-state index in [9.17, 15) is 19.2 Å². The van der Waals surface area contributed by atoms with Crippen molar-refractivity contribution in [2.75, 3.05) is 22.5 Å². The molecule has 0 saturated heterocycles. The molecule has 0 aromatic heterocycles. The first-order valence-corrected chi connectivity index (χ1v) is 10.9. The molecule has 8 nitrogen and oxygen atoms in total. The van der Waals surface area contributed by atoms with E-state index in [1.54, 1.807) is 54.6 Å². The van der Waals surface area contributed by atoms with Crippen molar-refractivity contribution < 1.29 is 19.2 Å². The molecule has 5 amide bonds. The van der Waals surface area contributed by atoms with Gasteiger partial charge in [-0.3, -0.25) is 19.3 Å². The summed E-state index contributed by atoms with van der Waals surface area (Å²) in [6, 6.07) is 20.6. The number of aryl methyl sites for hydroxylation is 1. The van der Waals surface area contributed by atoms with Crippen LogP contribution in [0.4, 0.5) is 21.9 Å². The van der Waals surface area contributed by atoms with Gasteiger partial charge in [0.05, 0.1) is 11.1 Å². The summed E-state index contributed by atoms with van der Waals surface area (Å²) in [5.74, 6) is -0.863. The van der Waals surface area contributed by atoms with Crippen LogP contribution in [0.5, 0.6) is 0 Å². The minimum Gasteiger partial charge on any atom is -0.326 e. The van der Waals surface area contributed by atoms with Gasteiger partial charge in [-0.2, -0.15) is 0 Å². The fourth-order valence-electron chi connectivity index (χ4n) is 3.68. The molecule has 4 rings (SSSR count). The molecule has 0 radical (unpaired) electrons. The number of carbonyl (C=O) groups excluding carboxylic acids is 4. The molecule has 8 heteroatoms. The lowest BCUT2D eigenvalue weighted by Crippen LogP contribution is -2.31. The number of imide groups is 1. The summed E-state index contributed by atoms with van der Waals surface area (Å²) in [5.41, 5.74) is 3.58. The summed E-state index contributed by atoms with van der Waals surface area (Å²) in [5, 5.41) is 8.23. The minimum atomic E-state index is -0.369. The van der Waals surface area contributed by atoms with Crippen LogP contribution < -0.4 is 16.0 Å². The SMILES string of the molecule is Cc1ccc2c(c1)C(=O)N(CCCC(=O)Nc1ccc(NC(=O)Nc3ccccc3)cc1)C2=O. The van der Waals surface area contributed by atoms with Gasteiger partial charge in [-0.1, -0.05) is 29.8 Å². The van der Waals surface area contributed by atoms with Crippen LogP contribution in [0, 0.1) is 6.92 Å². The predicted octanol–water partition coefficient (Wildman–Crippen LogP) is 4.65. The van der Waals surface area contributed by atoms with Crippen LogP contribution in [-0.2, 0) is 4.79 Å². The predicted molar refractivity (Wildman–Crippen MR) is 130 cm³/mol. The van der Waals surface area contributed by atoms with Crippen molar-refractivity contribution in [1.82, 2.24) is 4.90 Å². The second-order valence-corrected chi connectivity index (χ2v) is 7.99. The lowest BCUT2D eigenvalue weighted by atomic mass is 10.1. The molecule has 3 aromatic rings. The van der Waals surface area contributed by atoms with E-state index in [0.717, 1.165) is 5.56 Å². The lowest BCUT2D eigenvalue weighted by molar-refractivity contribution is -0.116. The van der Waals surface area contributed by atoms with Crippen molar-refractivity contribution in [1.29, 1.82) is 0 Å². The zero-order valence-corrected chi connectivity index (χ0v) is 18.6. The number of nitrogens with zero attached hydrogens (tertiary/aromatic N) is 1. The molecule has 3 aromatic carbocycles. The van der Waals surface area contributed by atoms with Crippen molar-refractivity contribution in [3.63, 3.8) is 0 Å². The van der Waals surface area contributed by atoms with Crippen LogP contribution in [0.2, 0.25) is 0 Å². The molecule has 0 atom stereocenters. The smallest absolute Gasteiger partial charge is 0.323 e. The first-order chi connectivity index (χ1) is 16.4. The maximum absolute atomic E-state index is 12.5. The molecule has 0 fully saturated rings. The normalized spacial score (nSPS) is 12.3. The summed E-state index contributed by atoms with van der Waals surface area (Å²) in [6.45, 7) is 2.05. The monoisotopic (exact) mass is 456 g/mol. The van der Waals surface area contributed by atoms with Gasteiger partial charge in [0.1, 0.15) is 0 Å². The Bertz CT molecular complexity index is 1240. The van der Waals surface area contributed by atoms with Crippen LogP contribution in [-0.4, -0.2) is 35.2 Å². The summed E-state index contributed by atoms with van der Waals surface area (Å²) in [6.07, 6.45) is 0.515. The van der Waals surface area contributed by atoms with E-state index in [1.807, 2.05) is 25.1 Å². The van der Waals surface area contributed by atoms with E-state index in [0.29, 0.717) is 34.6 Å². The van der Waals surface area contributed by atoms with Gasteiger partial charge in [0.25, 0.3) is 11.8 Å². The molecule has 3 N–H and O–H groups in total. The van der Waals surface area contributed by atoms with Crippen molar-refractivity contribution in [3.05, 3.63) is 89.5 Å². The third-order valence-electron chi connectivity index (χ3n) is 5.37. The highest BCUT2D eigenvalue weighted by Gasteiger charge is 2.34. The molecule has 1 heterocycles. The van der Waals surface area contributed by atoms with Gasteiger partial charge in [0.2, 0.25) is 5.91 Å². The molecule has 1 aliphatic rings. The standard InChI is InChI=1S/C26H24N4O4/c1-17-9-14-21-22(16-17)25(33)30(24(21)32)15-5-8-23(31)27-19-10-12-20(13-11-19)29-26(34)28-18-6-3-2-4-7-18/h2-4,6-7,9-14,16H,5,8,15H2,1H3,(H,27,31)(H2,28,29,34). The van der Waals surface area contributed by atoms with Crippen LogP contribution >= 0.6 is 0 Å². The Labute approximate surface area is 197 Å². The Morgan fingerprint density at radius 3 is 2.00 bits per heavy atom. The summed E-state index contributed by atoms with van der Waals surface area (Å²) in [7, 11) is 0. The number of nitrogens with one attached hydrogen (secondary N) is 3. The molecular formula is C26H24N4O4. The molecule has 172 valence electrons.